The van der Waals surface area contributed by atoms with Crippen LogP contribution in [0.25, 0.3) is 21.5 Å². The Labute approximate surface area is 234 Å². The molecule has 200 valence electrons. The second-order valence-electron chi connectivity index (χ2n) is 10.6. The maximum Gasteiger partial charge on any atom is 0.0368 e. The lowest BCUT2D eigenvalue weighted by Gasteiger charge is -2.29. The van der Waals surface area contributed by atoms with Crippen molar-refractivity contribution in [2.75, 3.05) is 36.0 Å². The van der Waals surface area contributed by atoms with Crippen molar-refractivity contribution in [1.29, 1.82) is 0 Å². The Morgan fingerprint density at radius 2 is 0.923 bits per heavy atom. The minimum absolute atomic E-state index is 0.123. The van der Waals surface area contributed by atoms with E-state index in [1.807, 2.05) is 0 Å². The molecule has 0 aliphatic rings. The first-order chi connectivity index (χ1) is 19.0. The van der Waals surface area contributed by atoms with E-state index in [0.717, 1.165) is 26.2 Å². The molecule has 0 saturated carbocycles. The topological polar surface area (TPSA) is 6.48 Å². The highest BCUT2D eigenvalue weighted by Gasteiger charge is 2.25. The molecule has 0 aliphatic heterocycles. The molecule has 0 fully saturated rings. The monoisotopic (exact) mass is 514 g/mol. The molecule has 2 heteroatoms. The second kappa shape index (κ2) is 11.5. The zero-order valence-corrected chi connectivity index (χ0v) is 24.5. The summed E-state index contributed by atoms with van der Waals surface area (Å²) in [7, 11) is 0. The van der Waals surface area contributed by atoms with Crippen LogP contribution in [0, 0.1) is 13.8 Å². The van der Waals surface area contributed by atoms with Crippen molar-refractivity contribution in [3.8, 4) is 0 Å². The molecule has 5 rings (SSSR count). The van der Waals surface area contributed by atoms with Crippen LogP contribution in [0.3, 0.4) is 0 Å². The summed E-state index contributed by atoms with van der Waals surface area (Å²) in [5.74, 6) is 0.123. The number of nitrogens with zero attached hydrogens (tertiary/aromatic N) is 2. The van der Waals surface area contributed by atoms with Crippen molar-refractivity contribution < 1.29 is 0 Å². The maximum atomic E-state index is 2.43. The van der Waals surface area contributed by atoms with E-state index >= 15 is 0 Å². The van der Waals surface area contributed by atoms with Crippen molar-refractivity contribution in [2.24, 2.45) is 0 Å². The van der Waals surface area contributed by atoms with Gasteiger partial charge in [0.2, 0.25) is 0 Å². The van der Waals surface area contributed by atoms with Gasteiger partial charge in [0.25, 0.3) is 0 Å². The first-order valence-corrected chi connectivity index (χ1v) is 14.6. The van der Waals surface area contributed by atoms with E-state index in [-0.39, 0.29) is 5.92 Å². The standard InChI is InChI=1S/C37H42N2/c1-7-38(8-2)30-19-21-32(26(5)23-30)36(33-22-20-31(24-27(33)6)39(9-3)10-4)37-34-17-13-11-15-28(34)25-29-16-12-14-18-35(29)37/h11-25,36H,7-10H2,1-6H3. The summed E-state index contributed by atoms with van der Waals surface area (Å²) in [6.45, 7) is 17.6. The van der Waals surface area contributed by atoms with Gasteiger partial charge in [-0.05, 0) is 121 Å². The summed E-state index contributed by atoms with van der Waals surface area (Å²) in [5.41, 5.74) is 9.45. The first-order valence-electron chi connectivity index (χ1n) is 14.6. The van der Waals surface area contributed by atoms with Crippen LogP contribution in [0.5, 0.6) is 0 Å². The Kier molecular flexibility index (Phi) is 7.93. The van der Waals surface area contributed by atoms with Crippen molar-refractivity contribution >= 4 is 32.9 Å². The third kappa shape index (κ3) is 5.01. The van der Waals surface area contributed by atoms with Gasteiger partial charge in [-0.1, -0.05) is 60.7 Å². The molecule has 0 bridgehead atoms. The fourth-order valence-electron chi connectivity index (χ4n) is 6.38. The minimum atomic E-state index is 0.123. The van der Waals surface area contributed by atoms with Gasteiger partial charge in [0.1, 0.15) is 0 Å². The molecule has 0 N–H and O–H groups in total. The van der Waals surface area contributed by atoms with Crippen LogP contribution < -0.4 is 9.80 Å². The molecule has 0 atom stereocenters. The number of rotatable bonds is 9. The Morgan fingerprint density at radius 3 is 1.31 bits per heavy atom. The summed E-state index contributed by atoms with van der Waals surface area (Å²) >= 11 is 0. The predicted octanol–water partition coefficient (Wildman–Crippen LogP) is 9.48. The van der Waals surface area contributed by atoms with Gasteiger partial charge < -0.3 is 9.80 Å². The first kappa shape index (κ1) is 26.8. The van der Waals surface area contributed by atoms with E-state index in [0.29, 0.717) is 0 Å². The van der Waals surface area contributed by atoms with Gasteiger partial charge in [0.05, 0.1) is 0 Å². The number of anilines is 2. The SMILES string of the molecule is CCN(CC)c1ccc(C(c2ccc(N(CC)CC)cc2C)c2c3ccccc3cc3ccccc23)c(C)c1. The fourth-order valence-corrected chi connectivity index (χ4v) is 6.38. The normalized spacial score (nSPS) is 11.5. The van der Waals surface area contributed by atoms with Gasteiger partial charge in [-0.15, -0.1) is 0 Å². The number of hydrogen-bond donors (Lipinski definition) is 0. The van der Waals surface area contributed by atoms with Crippen LogP contribution in [0.2, 0.25) is 0 Å². The van der Waals surface area contributed by atoms with Crippen molar-refractivity contribution in [3.63, 3.8) is 0 Å². The van der Waals surface area contributed by atoms with Gasteiger partial charge in [0.15, 0.2) is 0 Å². The number of benzene rings is 5. The Bertz CT molecular complexity index is 1480. The van der Waals surface area contributed by atoms with Crippen LogP contribution in [0.1, 0.15) is 61.4 Å². The van der Waals surface area contributed by atoms with Crippen LogP contribution in [-0.2, 0) is 0 Å². The lowest BCUT2D eigenvalue weighted by molar-refractivity contribution is 0.860. The lowest BCUT2D eigenvalue weighted by Crippen LogP contribution is -2.22. The van der Waals surface area contributed by atoms with E-state index in [1.54, 1.807) is 0 Å². The smallest absolute Gasteiger partial charge is 0.0368 e. The summed E-state index contributed by atoms with van der Waals surface area (Å²) in [6.07, 6.45) is 0. The minimum Gasteiger partial charge on any atom is -0.372 e. The highest BCUT2D eigenvalue weighted by atomic mass is 15.1. The second-order valence-corrected chi connectivity index (χ2v) is 10.6. The Morgan fingerprint density at radius 1 is 0.513 bits per heavy atom. The quantitative estimate of drug-likeness (QED) is 0.143. The average molecular weight is 515 g/mol. The van der Waals surface area contributed by atoms with Gasteiger partial charge in [-0.2, -0.15) is 0 Å². The van der Waals surface area contributed by atoms with E-state index in [9.17, 15) is 0 Å². The zero-order valence-electron chi connectivity index (χ0n) is 24.5. The highest BCUT2D eigenvalue weighted by Crippen LogP contribution is 2.44. The summed E-state index contributed by atoms with van der Waals surface area (Å²) in [5, 5.41) is 5.26. The number of aryl methyl sites for hydroxylation is 2. The summed E-state index contributed by atoms with van der Waals surface area (Å²) < 4.78 is 0. The van der Waals surface area contributed by atoms with E-state index in [4.69, 9.17) is 0 Å². The Balaban J connectivity index is 1.82. The molecule has 0 heterocycles. The Hall–Kier alpha value is -3.78. The van der Waals surface area contributed by atoms with Crippen LogP contribution in [0.4, 0.5) is 11.4 Å². The molecule has 39 heavy (non-hydrogen) atoms. The fraction of sp³-hybridized carbons (Fsp3) is 0.297. The molecule has 5 aromatic rings. The van der Waals surface area contributed by atoms with E-state index < -0.39 is 0 Å². The van der Waals surface area contributed by atoms with E-state index in [2.05, 4.69) is 142 Å². The molecule has 2 nitrogen and oxygen atoms in total. The number of hydrogen-bond acceptors (Lipinski definition) is 2. The van der Waals surface area contributed by atoms with Crippen molar-refractivity contribution in [1.82, 2.24) is 0 Å². The van der Waals surface area contributed by atoms with Gasteiger partial charge in [-0.25, -0.2) is 0 Å². The average Bonchev–Trinajstić information content (AvgIpc) is 2.96. The van der Waals surface area contributed by atoms with Crippen LogP contribution in [0.15, 0.2) is 91.0 Å². The molecule has 0 aliphatic carbocycles. The third-order valence-corrected chi connectivity index (χ3v) is 8.49. The molecule has 0 unspecified atom stereocenters. The van der Waals surface area contributed by atoms with Crippen LogP contribution in [-0.4, -0.2) is 26.2 Å². The van der Waals surface area contributed by atoms with E-state index in [1.165, 1.54) is 60.7 Å². The molecule has 0 spiro atoms. The van der Waals surface area contributed by atoms with Crippen LogP contribution >= 0.6 is 0 Å². The zero-order chi connectivity index (χ0) is 27.5. The van der Waals surface area contributed by atoms with Crippen molar-refractivity contribution in [3.05, 3.63) is 119 Å². The van der Waals surface area contributed by atoms with Gasteiger partial charge in [-0.3, -0.25) is 0 Å². The van der Waals surface area contributed by atoms with Crippen molar-refractivity contribution in [2.45, 2.75) is 47.5 Å². The molecule has 0 aromatic heterocycles. The molecular formula is C37H42N2. The van der Waals surface area contributed by atoms with Gasteiger partial charge in [0, 0.05) is 43.5 Å². The predicted molar refractivity (Wildman–Crippen MR) is 172 cm³/mol. The maximum absolute atomic E-state index is 2.43. The molecular weight excluding hydrogens is 472 g/mol. The molecule has 0 amide bonds. The number of fused-ring (bicyclic) bond motifs is 2. The molecule has 0 radical (unpaired) electrons. The highest BCUT2D eigenvalue weighted by molar-refractivity contribution is 6.03. The van der Waals surface area contributed by atoms with Gasteiger partial charge >= 0.3 is 0 Å². The third-order valence-electron chi connectivity index (χ3n) is 8.49. The largest absolute Gasteiger partial charge is 0.372 e. The molecule has 5 aromatic carbocycles. The lowest BCUT2D eigenvalue weighted by atomic mass is 9.77. The molecule has 0 saturated heterocycles. The summed E-state index contributed by atoms with van der Waals surface area (Å²) in [6, 6.07) is 34.4. The summed E-state index contributed by atoms with van der Waals surface area (Å²) in [4.78, 5) is 4.87.